The molecular formula is C5H8BrNO2. The third-order valence-corrected chi connectivity index (χ3v) is 2.41. The van der Waals surface area contributed by atoms with Gasteiger partial charge in [-0.25, -0.2) is 4.79 Å². The van der Waals surface area contributed by atoms with Gasteiger partial charge in [-0.3, -0.25) is 0 Å². The summed E-state index contributed by atoms with van der Waals surface area (Å²) in [5.74, 6) is 0. The van der Waals surface area contributed by atoms with Gasteiger partial charge in [-0.05, 0) is 6.92 Å². The van der Waals surface area contributed by atoms with Crippen molar-refractivity contribution in [3.8, 4) is 0 Å². The Morgan fingerprint density at radius 3 is 2.89 bits per heavy atom. The second-order valence-corrected chi connectivity index (χ2v) is 2.89. The molecule has 1 rings (SSSR count). The van der Waals surface area contributed by atoms with Crippen LogP contribution in [0.3, 0.4) is 0 Å². The number of carbonyl (C=O) groups excluding carboxylic acids is 1. The molecule has 0 spiro atoms. The molecular weight excluding hydrogens is 186 g/mol. The van der Waals surface area contributed by atoms with E-state index in [9.17, 15) is 4.79 Å². The molecule has 3 nitrogen and oxygen atoms in total. The lowest BCUT2D eigenvalue weighted by atomic mass is 10.1. The van der Waals surface area contributed by atoms with Crippen LogP contribution in [0.2, 0.25) is 0 Å². The highest BCUT2D eigenvalue weighted by atomic mass is 79.9. The van der Waals surface area contributed by atoms with E-state index < -0.39 is 0 Å². The normalized spacial score (nSPS) is 33.8. The molecule has 1 heterocycles. The van der Waals surface area contributed by atoms with E-state index in [-0.39, 0.29) is 11.7 Å². The van der Waals surface area contributed by atoms with Crippen LogP contribution >= 0.6 is 15.9 Å². The Morgan fingerprint density at radius 2 is 2.67 bits per heavy atom. The van der Waals surface area contributed by atoms with Crippen molar-refractivity contribution in [2.75, 3.05) is 11.9 Å². The molecule has 52 valence electrons. The summed E-state index contributed by atoms with van der Waals surface area (Å²) in [6, 6.07) is 0. The Hall–Kier alpha value is -0.250. The highest BCUT2D eigenvalue weighted by molar-refractivity contribution is 9.09. The highest BCUT2D eigenvalue weighted by Crippen LogP contribution is 2.17. The number of nitrogens with one attached hydrogen (secondary N) is 1. The molecule has 0 aromatic carbocycles. The molecule has 0 saturated carbocycles. The van der Waals surface area contributed by atoms with Crippen molar-refractivity contribution in [3.63, 3.8) is 0 Å². The van der Waals surface area contributed by atoms with Crippen molar-refractivity contribution in [2.45, 2.75) is 12.5 Å². The number of halogens is 1. The zero-order chi connectivity index (χ0) is 6.91. The van der Waals surface area contributed by atoms with Crippen LogP contribution in [0.25, 0.3) is 0 Å². The first kappa shape index (κ1) is 6.86. The number of amides is 1. The Balaban J connectivity index is 2.54. The Morgan fingerprint density at radius 1 is 2.00 bits per heavy atom. The summed E-state index contributed by atoms with van der Waals surface area (Å²) in [6.07, 6.45) is -0.322. The highest BCUT2D eigenvalue weighted by Gasteiger charge is 2.33. The van der Waals surface area contributed by atoms with Gasteiger partial charge in [-0.2, -0.15) is 0 Å². The zero-order valence-corrected chi connectivity index (χ0v) is 6.69. The van der Waals surface area contributed by atoms with E-state index in [1.807, 2.05) is 6.92 Å². The van der Waals surface area contributed by atoms with Crippen molar-refractivity contribution in [1.82, 2.24) is 5.32 Å². The van der Waals surface area contributed by atoms with E-state index in [1.165, 1.54) is 0 Å². The van der Waals surface area contributed by atoms with E-state index in [2.05, 4.69) is 21.2 Å². The molecule has 4 heteroatoms. The number of hydrogen-bond donors (Lipinski definition) is 1. The van der Waals surface area contributed by atoms with Crippen LogP contribution in [0.1, 0.15) is 6.92 Å². The quantitative estimate of drug-likeness (QED) is 0.629. The summed E-state index contributed by atoms with van der Waals surface area (Å²) in [6.45, 7) is 2.47. The average Bonchev–Trinajstić information content (AvgIpc) is 2.13. The minimum absolute atomic E-state index is 0.322. The zero-order valence-electron chi connectivity index (χ0n) is 5.11. The number of cyclic esters (lactones) is 1. The van der Waals surface area contributed by atoms with Gasteiger partial charge in [0, 0.05) is 5.33 Å². The maximum atomic E-state index is 10.5. The molecule has 1 amide bonds. The van der Waals surface area contributed by atoms with Crippen LogP contribution in [-0.2, 0) is 4.74 Å². The van der Waals surface area contributed by atoms with Gasteiger partial charge in [-0.15, -0.1) is 0 Å². The summed E-state index contributed by atoms with van der Waals surface area (Å²) in [5.41, 5.74) is -0.336. The number of hydrogen-bond acceptors (Lipinski definition) is 2. The van der Waals surface area contributed by atoms with Crippen LogP contribution in [0, 0.1) is 0 Å². The molecule has 1 aliphatic rings. The maximum Gasteiger partial charge on any atom is 0.407 e. The minimum atomic E-state index is -0.336. The first-order valence-corrected chi connectivity index (χ1v) is 3.81. The fourth-order valence-corrected chi connectivity index (χ4v) is 0.942. The smallest absolute Gasteiger partial charge is 0.407 e. The molecule has 9 heavy (non-hydrogen) atoms. The van der Waals surface area contributed by atoms with Gasteiger partial charge in [-0.1, -0.05) is 15.9 Å². The van der Waals surface area contributed by atoms with Crippen LogP contribution in [0.5, 0.6) is 0 Å². The number of ether oxygens (including phenoxy) is 1. The van der Waals surface area contributed by atoms with Gasteiger partial charge in [0.15, 0.2) is 0 Å². The van der Waals surface area contributed by atoms with Crippen LogP contribution in [-0.4, -0.2) is 23.6 Å². The van der Waals surface area contributed by atoms with E-state index in [0.717, 1.165) is 0 Å². The van der Waals surface area contributed by atoms with Crippen LogP contribution in [0.15, 0.2) is 0 Å². The Bertz CT molecular complexity index is 139. The molecule has 1 N–H and O–H groups in total. The first-order chi connectivity index (χ1) is 4.16. The molecule has 1 fully saturated rings. The van der Waals surface area contributed by atoms with Crippen LogP contribution in [0.4, 0.5) is 4.79 Å². The summed E-state index contributed by atoms with van der Waals surface area (Å²) in [5, 5.41) is 3.25. The fraction of sp³-hybridized carbons (Fsp3) is 0.800. The molecule has 0 aromatic rings. The number of rotatable bonds is 1. The lowest BCUT2D eigenvalue weighted by Gasteiger charge is -2.16. The minimum Gasteiger partial charge on any atom is -0.440 e. The maximum absolute atomic E-state index is 10.5. The van der Waals surface area contributed by atoms with Gasteiger partial charge >= 0.3 is 6.09 Å². The molecule has 0 aromatic heterocycles. The standard InChI is InChI=1S/C5H8BrNO2/c1-5(2-6)3-7-4(8)9-5/h2-3H2,1H3,(H,7,8)/t5-/m1/s1. The van der Waals surface area contributed by atoms with Gasteiger partial charge in [0.25, 0.3) is 0 Å². The third-order valence-electron chi connectivity index (χ3n) is 1.23. The van der Waals surface area contributed by atoms with E-state index in [0.29, 0.717) is 11.9 Å². The van der Waals surface area contributed by atoms with E-state index >= 15 is 0 Å². The fourth-order valence-electron chi connectivity index (χ4n) is 0.630. The monoisotopic (exact) mass is 193 g/mol. The molecule has 0 unspecified atom stereocenters. The van der Waals surface area contributed by atoms with Gasteiger partial charge in [0.05, 0.1) is 6.54 Å². The molecule has 0 bridgehead atoms. The molecule has 1 saturated heterocycles. The number of alkyl carbamates (subject to hydrolysis) is 1. The largest absolute Gasteiger partial charge is 0.440 e. The van der Waals surface area contributed by atoms with Crippen molar-refractivity contribution < 1.29 is 9.53 Å². The Kier molecular flexibility index (Phi) is 1.66. The summed E-state index contributed by atoms with van der Waals surface area (Å²) >= 11 is 3.24. The van der Waals surface area contributed by atoms with Crippen molar-refractivity contribution in [3.05, 3.63) is 0 Å². The molecule has 0 aliphatic carbocycles. The second kappa shape index (κ2) is 2.17. The molecule has 1 atom stereocenters. The Labute approximate surface area is 61.9 Å². The van der Waals surface area contributed by atoms with E-state index in [4.69, 9.17) is 4.74 Å². The topological polar surface area (TPSA) is 38.3 Å². The third kappa shape index (κ3) is 1.36. The van der Waals surface area contributed by atoms with Gasteiger partial charge in [0.1, 0.15) is 5.60 Å². The predicted molar refractivity (Wildman–Crippen MR) is 36.7 cm³/mol. The van der Waals surface area contributed by atoms with Crippen LogP contribution < -0.4 is 5.32 Å². The second-order valence-electron chi connectivity index (χ2n) is 2.33. The molecule has 1 aliphatic heterocycles. The van der Waals surface area contributed by atoms with E-state index in [1.54, 1.807) is 0 Å². The summed E-state index contributed by atoms with van der Waals surface area (Å²) in [4.78, 5) is 10.5. The summed E-state index contributed by atoms with van der Waals surface area (Å²) < 4.78 is 4.90. The SMILES string of the molecule is C[C@@]1(CBr)CNC(=O)O1. The van der Waals surface area contributed by atoms with Crippen molar-refractivity contribution >= 4 is 22.0 Å². The van der Waals surface area contributed by atoms with Crippen molar-refractivity contribution in [1.29, 1.82) is 0 Å². The average molecular weight is 194 g/mol. The van der Waals surface area contributed by atoms with Crippen molar-refractivity contribution in [2.24, 2.45) is 0 Å². The first-order valence-electron chi connectivity index (χ1n) is 2.69. The van der Waals surface area contributed by atoms with Gasteiger partial charge < -0.3 is 10.1 Å². The van der Waals surface area contributed by atoms with Gasteiger partial charge in [0.2, 0.25) is 0 Å². The number of alkyl halides is 1. The molecule has 0 radical (unpaired) electrons. The lowest BCUT2D eigenvalue weighted by molar-refractivity contribution is 0.0913. The lowest BCUT2D eigenvalue weighted by Crippen LogP contribution is -2.30. The number of carbonyl (C=O) groups is 1. The summed E-state index contributed by atoms with van der Waals surface area (Å²) in [7, 11) is 0. The predicted octanol–water partition coefficient (Wildman–Crippen LogP) is 0.880.